The summed E-state index contributed by atoms with van der Waals surface area (Å²) in [4.78, 5) is 4.46. The number of nitrogens with zero attached hydrogens (tertiary/aromatic N) is 1. The molecule has 0 saturated heterocycles. The van der Waals surface area contributed by atoms with Crippen LogP contribution in [0.5, 0.6) is 0 Å². The number of aliphatic imine (C=N–C) groups is 1. The van der Waals surface area contributed by atoms with Crippen LogP contribution in [0.4, 0.5) is 0 Å². The summed E-state index contributed by atoms with van der Waals surface area (Å²) in [5.41, 5.74) is 0. The van der Waals surface area contributed by atoms with Crippen LogP contribution in [-0.4, -0.2) is 44.0 Å². The number of hydrogen-bond donors (Lipinski definition) is 2. The molecule has 5 nitrogen and oxygen atoms in total. The van der Waals surface area contributed by atoms with Gasteiger partial charge in [-0.3, -0.25) is 4.99 Å². The smallest absolute Gasteiger partial charge is 0.191 e. The van der Waals surface area contributed by atoms with Crippen molar-refractivity contribution in [3.63, 3.8) is 0 Å². The highest BCUT2D eigenvalue weighted by Gasteiger charge is 2.28. The second kappa shape index (κ2) is 8.90. The Labute approximate surface area is 142 Å². The van der Waals surface area contributed by atoms with Gasteiger partial charge in [0.15, 0.2) is 15.8 Å². The first-order valence-corrected chi connectivity index (χ1v) is 10.6. The van der Waals surface area contributed by atoms with Gasteiger partial charge in [-0.1, -0.05) is 13.3 Å². The van der Waals surface area contributed by atoms with E-state index in [-0.39, 0.29) is 5.75 Å². The van der Waals surface area contributed by atoms with Crippen LogP contribution < -0.4 is 10.6 Å². The molecule has 0 aromatic rings. The Bertz CT molecular complexity index is 473. The minimum Gasteiger partial charge on any atom is -0.357 e. The molecule has 0 radical (unpaired) electrons. The molecule has 0 amide bonds. The van der Waals surface area contributed by atoms with E-state index in [9.17, 15) is 8.42 Å². The third kappa shape index (κ3) is 6.69. The Morgan fingerprint density at radius 1 is 1.13 bits per heavy atom. The van der Waals surface area contributed by atoms with Gasteiger partial charge in [-0.25, -0.2) is 8.42 Å². The van der Waals surface area contributed by atoms with Gasteiger partial charge in [-0.05, 0) is 59.3 Å². The van der Waals surface area contributed by atoms with E-state index in [1.54, 1.807) is 20.8 Å². The van der Waals surface area contributed by atoms with E-state index in [1.807, 2.05) is 6.92 Å². The summed E-state index contributed by atoms with van der Waals surface area (Å²) >= 11 is 0. The van der Waals surface area contributed by atoms with Crippen molar-refractivity contribution in [2.75, 3.05) is 18.8 Å². The van der Waals surface area contributed by atoms with Gasteiger partial charge < -0.3 is 10.6 Å². The Kier molecular flexibility index (Phi) is 7.84. The molecular formula is C17H35N3O2S. The Balaban J connectivity index is 2.54. The first-order valence-electron chi connectivity index (χ1n) is 8.96. The predicted octanol–water partition coefficient (Wildman–Crippen LogP) is 2.72. The highest BCUT2D eigenvalue weighted by molar-refractivity contribution is 7.92. The van der Waals surface area contributed by atoms with Gasteiger partial charge in [0.05, 0.1) is 17.0 Å². The number of rotatable bonds is 6. The summed E-state index contributed by atoms with van der Waals surface area (Å²) in [5.74, 6) is 1.70. The lowest BCUT2D eigenvalue weighted by Crippen LogP contribution is -2.45. The molecule has 0 aliphatic heterocycles. The summed E-state index contributed by atoms with van der Waals surface area (Å²) in [6, 6.07) is 0.454. The van der Waals surface area contributed by atoms with Gasteiger partial charge in [0, 0.05) is 12.6 Å². The highest BCUT2D eigenvalue weighted by atomic mass is 32.2. The Morgan fingerprint density at radius 3 is 2.22 bits per heavy atom. The third-order valence-corrected chi connectivity index (χ3v) is 7.26. The standard InChI is InChI=1S/C17H35N3O2S/c1-6-14-8-10-15(11-9-14)20-16(18-7-2)19-12-13-23(21,22)17(3,4)5/h14-15H,6-13H2,1-5H3,(H2,18,19,20). The van der Waals surface area contributed by atoms with Crippen LogP contribution in [-0.2, 0) is 9.84 Å². The molecule has 0 heterocycles. The molecule has 6 heteroatoms. The summed E-state index contributed by atoms with van der Waals surface area (Å²) in [6.07, 6.45) is 6.15. The molecule has 1 fully saturated rings. The van der Waals surface area contributed by atoms with Gasteiger partial charge in [0.2, 0.25) is 0 Å². The lowest BCUT2D eigenvalue weighted by atomic mass is 9.84. The van der Waals surface area contributed by atoms with Gasteiger partial charge in [0.1, 0.15) is 0 Å². The van der Waals surface area contributed by atoms with E-state index in [1.165, 1.54) is 32.1 Å². The summed E-state index contributed by atoms with van der Waals surface area (Å²) in [5, 5.41) is 6.69. The van der Waals surface area contributed by atoms with E-state index < -0.39 is 14.6 Å². The van der Waals surface area contributed by atoms with Crippen molar-refractivity contribution in [1.29, 1.82) is 0 Å². The van der Waals surface area contributed by atoms with Crippen LogP contribution >= 0.6 is 0 Å². The lowest BCUT2D eigenvalue weighted by molar-refractivity contribution is 0.304. The zero-order chi connectivity index (χ0) is 17.5. The van der Waals surface area contributed by atoms with Crippen LogP contribution in [0.15, 0.2) is 4.99 Å². The van der Waals surface area contributed by atoms with Crippen LogP contribution in [0.25, 0.3) is 0 Å². The fourth-order valence-electron chi connectivity index (χ4n) is 2.81. The quantitative estimate of drug-likeness (QED) is 0.573. The second-order valence-electron chi connectivity index (χ2n) is 7.46. The van der Waals surface area contributed by atoms with Crippen LogP contribution in [0.2, 0.25) is 0 Å². The predicted molar refractivity (Wildman–Crippen MR) is 98.7 cm³/mol. The van der Waals surface area contributed by atoms with Crippen molar-refractivity contribution in [3.8, 4) is 0 Å². The van der Waals surface area contributed by atoms with Gasteiger partial charge in [0.25, 0.3) is 0 Å². The molecule has 0 unspecified atom stereocenters. The fourth-order valence-corrected chi connectivity index (χ4v) is 3.76. The molecule has 1 aliphatic carbocycles. The molecule has 1 aliphatic rings. The van der Waals surface area contributed by atoms with E-state index >= 15 is 0 Å². The average molecular weight is 346 g/mol. The number of hydrogen-bond acceptors (Lipinski definition) is 3. The number of guanidine groups is 1. The molecule has 0 spiro atoms. The summed E-state index contributed by atoms with van der Waals surface area (Å²) < 4.78 is 23.6. The van der Waals surface area contributed by atoms with Crippen molar-refractivity contribution < 1.29 is 8.42 Å². The maximum absolute atomic E-state index is 12.1. The maximum atomic E-state index is 12.1. The summed E-state index contributed by atoms with van der Waals surface area (Å²) in [7, 11) is -3.11. The van der Waals surface area contributed by atoms with Crippen LogP contribution in [0.1, 0.15) is 66.7 Å². The maximum Gasteiger partial charge on any atom is 0.191 e. The van der Waals surface area contributed by atoms with E-state index in [0.29, 0.717) is 12.6 Å². The molecular weight excluding hydrogens is 310 g/mol. The van der Waals surface area contributed by atoms with Gasteiger partial charge >= 0.3 is 0 Å². The van der Waals surface area contributed by atoms with Gasteiger partial charge in [-0.2, -0.15) is 0 Å². The second-order valence-corrected chi connectivity index (χ2v) is 10.3. The molecule has 0 aromatic heterocycles. The average Bonchev–Trinajstić information content (AvgIpc) is 2.47. The highest BCUT2D eigenvalue weighted by Crippen LogP contribution is 2.26. The Hall–Kier alpha value is -0.780. The van der Waals surface area contributed by atoms with Crippen molar-refractivity contribution >= 4 is 15.8 Å². The normalized spacial score (nSPS) is 23.6. The number of sulfone groups is 1. The molecule has 136 valence electrons. The first-order chi connectivity index (χ1) is 10.7. The molecule has 0 bridgehead atoms. The molecule has 2 N–H and O–H groups in total. The zero-order valence-electron chi connectivity index (χ0n) is 15.5. The van der Waals surface area contributed by atoms with Crippen molar-refractivity contribution in [2.24, 2.45) is 10.9 Å². The van der Waals surface area contributed by atoms with E-state index in [0.717, 1.165) is 18.4 Å². The van der Waals surface area contributed by atoms with E-state index in [2.05, 4.69) is 22.5 Å². The largest absolute Gasteiger partial charge is 0.357 e. The Morgan fingerprint density at radius 2 is 1.74 bits per heavy atom. The topological polar surface area (TPSA) is 70.6 Å². The van der Waals surface area contributed by atoms with Crippen LogP contribution in [0.3, 0.4) is 0 Å². The molecule has 0 atom stereocenters. The minimum atomic E-state index is -3.11. The molecule has 1 saturated carbocycles. The SMILES string of the molecule is CCNC(=NCCS(=O)(=O)C(C)(C)C)NC1CCC(CC)CC1. The zero-order valence-corrected chi connectivity index (χ0v) is 16.3. The molecule has 0 aromatic carbocycles. The number of nitrogens with one attached hydrogen (secondary N) is 2. The van der Waals surface area contributed by atoms with Crippen LogP contribution in [0, 0.1) is 5.92 Å². The van der Waals surface area contributed by atoms with Crippen molar-refractivity contribution in [1.82, 2.24) is 10.6 Å². The van der Waals surface area contributed by atoms with Gasteiger partial charge in [-0.15, -0.1) is 0 Å². The minimum absolute atomic E-state index is 0.0929. The monoisotopic (exact) mass is 345 g/mol. The molecule has 1 rings (SSSR count). The van der Waals surface area contributed by atoms with E-state index in [4.69, 9.17) is 0 Å². The molecule has 23 heavy (non-hydrogen) atoms. The summed E-state index contributed by atoms with van der Waals surface area (Å²) in [6.45, 7) is 10.6. The lowest BCUT2D eigenvalue weighted by Gasteiger charge is -2.29. The fraction of sp³-hybridized carbons (Fsp3) is 0.941. The van der Waals surface area contributed by atoms with Crippen molar-refractivity contribution in [2.45, 2.75) is 77.5 Å². The third-order valence-electron chi connectivity index (χ3n) is 4.67. The first kappa shape index (κ1) is 20.3. The van der Waals surface area contributed by atoms with Crippen molar-refractivity contribution in [3.05, 3.63) is 0 Å².